The lowest BCUT2D eigenvalue weighted by Gasteiger charge is -2.21. The van der Waals surface area contributed by atoms with E-state index in [2.05, 4.69) is 22.6 Å². The summed E-state index contributed by atoms with van der Waals surface area (Å²) in [6.45, 7) is 1.24. The molecule has 0 aliphatic rings. The Kier molecular flexibility index (Phi) is 6.46. The highest BCUT2D eigenvalue weighted by Crippen LogP contribution is 2.13. The highest BCUT2D eigenvalue weighted by atomic mass is 127. The number of nitrogens with zero attached hydrogens (tertiary/aromatic N) is 1. The lowest BCUT2D eigenvalue weighted by Crippen LogP contribution is -2.36. The van der Waals surface area contributed by atoms with E-state index in [9.17, 15) is 4.79 Å². The van der Waals surface area contributed by atoms with E-state index >= 15 is 0 Å². The third kappa shape index (κ3) is 4.25. The number of carbonyl (C=O) groups excluding carboxylic acids is 1. The molecule has 1 aromatic rings. The zero-order valence-corrected chi connectivity index (χ0v) is 11.9. The second-order valence-corrected chi connectivity index (χ2v) is 4.65. The molecule has 17 heavy (non-hydrogen) atoms. The van der Waals surface area contributed by atoms with E-state index in [4.69, 9.17) is 9.84 Å². The van der Waals surface area contributed by atoms with Gasteiger partial charge in [-0.3, -0.25) is 4.79 Å². The Balaban J connectivity index is 2.80. The van der Waals surface area contributed by atoms with E-state index in [0.29, 0.717) is 25.3 Å². The maximum absolute atomic E-state index is 12.2. The van der Waals surface area contributed by atoms with Gasteiger partial charge in [0, 0.05) is 23.8 Å². The predicted molar refractivity (Wildman–Crippen MR) is 74.0 cm³/mol. The molecule has 0 aliphatic heterocycles. The van der Waals surface area contributed by atoms with Crippen molar-refractivity contribution in [1.82, 2.24) is 4.90 Å². The summed E-state index contributed by atoms with van der Waals surface area (Å²) in [6, 6.07) is 7.41. The van der Waals surface area contributed by atoms with Crippen LogP contribution in [-0.4, -0.2) is 49.3 Å². The maximum atomic E-state index is 12.2. The summed E-state index contributed by atoms with van der Waals surface area (Å²) >= 11 is 2.13. The molecule has 1 rings (SSSR count). The normalized spacial score (nSPS) is 10.3. The number of ether oxygens (including phenoxy) is 1. The van der Waals surface area contributed by atoms with Crippen LogP contribution in [0.1, 0.15) is 10.4 Å². The lowest BCUT2D eigenvalue weighted by atomic mass is 10.2. The topological polar surface area (TPSA) is 49.8 Å². The molecule has 0 bridgehead atoms. The van der Waals surface area contributed by atoms with Crippen molar-refractivity contribution in [2.45, 2.75) is 0 Å². The summed E-state index contributed by atoms with van der Waals surface area (Å²) in [5.41, 5.74) is 0.664. The highest BCUT2D eigenvalue weighted by Gasteiger charge is 2.16. The highest BCUT2D eigenvalue weighted by molar-refractivity contribution is 14.1. The molecule has 0 spiro atoms. The molecular weight excluding hydrogens is 333 g/mol. The van der Waals surface area contributed by atoms with E-state index in [1.54, 1.807) is 18.1 Å². The number of carbonyl (C=O) groups is 1. The SMILES string of the molecule is COCCN(CCO)C(=O)c1ccccc1I. The average molecular weight is 349 g/mol. The first-order valence-electron chi connectivity index (χ1n) is 5.34. The first kappa shape index (κ1) is 14.4. The number of halogens is 1. The van der Waals surface area contributed by atoms with Gasteiger partial charge in [0.2, 0.25) is 0 Å². The van der Waals surface area contributed by atoms with E-state index in [-0.39, 0.29) is 12.5 Å². The number of aliphatic hydroxyl groups excluding tert-OH is 1. The van der Waals surface area contributed by atoms with Gasteiger partial charge in [0.05, 0.1) is 18.8 Å². The fourth-order valence-electron chi connectivity index (χ4n) is 1.44. The lowest BCUT2D eigenvalue weighted by molar-refractivity contribution is 0.0655. The molecule has 0 saturated carbocycles. The fourth-order valence-corrected chi connectivity index (χ4v) is 2.06. The van der Waals surface area contributed by atoms with Crippen LogP contribution in [0.5, 0.6) is 0 Å². The van der Waals surface area contributed by atoms with Crippen LogP contribution < -0.4 is 0 Å². The van der Waals surface area contributed by atoms with Gasteiger partial charge in [-0.2, -0.15) is 0 Å². The standard InChI is InChI=1S/C12H16INO3/c1-17-9-7-14(6-8-15)12(16)10-4-2-3-5-11(10)13/h2-5,15H,6-9H2,1H3. The molecule has 0 fully saturated rings. The molecule has 94 valence electrons. The van der Waals surface area contributed by atoms with E-state index in [0.717, 1.165) is 3.57 Å². The molecule has 0 unspecified atom stereocenters. The van der Waals surface area contributed by atoms with Gasteiger partial charge < -0.3 is 14.7 Å². The molecule has 0 heterocycles. The molecule has 4 nitrogen and oxygen atoms in total. The number of hydrogen-bond donors (Lipinski definition) is 1. The van der Waals surface area contributed by atoms with Crippen molar-refractivity contribution in [3.05, 3.63) is 33.4 Å². The first-order chi connectivity index (χ1) is 8.20. The van der Waals surface area contributed by atoms with Crippen LogP contribution in [0.4, 0.5) is 0 Å². The van der Waals surface area contributed by atoms with Crippen molar-refractivity contribution in [2.75, 3.05) is 33.4 Å². The minimum Gasteiger partial charge on any atom is -0.395 e. The van der Waals surface area contributed by atoms with Crippen molar-refractivity contribution < 1.29 is 14.6 Å². The molecule has 1 amide bonds. The van der Waals surface area contributed by atoms with Crippen LogP contribution in [0.15, 0.2) is 24.3 Å². The van der Waals surface area contributed by atoms with Gasteiger partial charge in [-0.25, -0.2) is 0 Å². The zero-order chi connectivity index (χ0) is 12.7. The minimum absolute atomic E-state index is 0.0428. The van der Waals surface area contributed by atoms with E-state index in [1.807, 2.05) is 18.2 Å². The van der Waals surface area contributed by atoms with Gasteiger partial charge in [-0.1, -0.05) is 12.1 Å². The Morgan fingerprint density at radius 2 is 2.12 bits per heavy atom. The average Bonchev–Trinajstić information content (AvgIpc) is 2.34. The van der Waals surface area contributed by atoms with Crippen molar-refractivity contribution in [3.8, 4) is 0 Å². The molecule has 0 saturated heterocycles. The van der Waals surface area contributed by atoms with Gasteiger partial charge in [-0.15, -0.1) is 0 Å². The Morgan fingerprint density at radius 3 is 2.71 bits per heavy atom. The molecule has 5 heteroatoms. The van der Waals surface area contributed by atoms with E-state index < -0.39 is 0 Å². The third-order valence-corrected chi connectivity index (χ3v) is 3.27. The Bertz CT molecular complexity index is 371. The van der Waals surface area contributed by atoms with Gasteiger partial charge in [0.15, 0.2) is 0 Å². The molecule has 0 aromatic heterocycles. The van der Waals surface area contributed by atoms with Gasteiger partial charge in [0.25, 0.3) is 5.91 Å². The predicted octanol–water partition coefficient (Wildman–Crippen LogP) is 1.37. The van der Waals surface area contributed by atoms with Crippen molar-refractivity contribution in [3.63, 3.8) is 0 Å². The number of hydrogen-bond acceptors (Lipinski definition) is 3. The molecule has 1 aromatic carbocycles. The largest absolute Gasteiger partial charge is 0.395 e. The minimum atomic E-state index is -0.0684. The summed E-state index contributed by atoms with van der Waals surface area (Å²) in [5.74, 6) is -0.0684. The van der Waals surface area contributed by atoms with Crippen LogP contribution >= 0.6 is 22.6 Å². The fraction of sp³-hybridized carbons (Fsp3) is 0.417. The molecule has 0 aliphatic carbocycles. The summed E-state index contributed by atoms with van der Waals surface area (Å²) in [4.78, 5) is 13.8. The quantitative estimate of drug-likeness (QED) is 0.790. The van der Waals surface area contributed by atoms with E-state index in [1.165, 1.54) is 0 Å². The summed E-state index contributed by atoms with van der Waals surface area (Å²) < 4.78 is 5.87. The third-order valence-electron chi connectivity index (χ3n) is 2.33. The zero-order valence-electron chi connectivity index (χ0n) is 9.73. The monoisotopic (exact) mass is 349 g/mol. The van der Waals surface area contributed by atoms with Crippen LogP contribution in [0, 0.1) is 3.57 Å². The number of amides is 1. The maximum Gasteiger partial charge on any atom is 0.255 e. The van der Waals surface area contributed by atoms with Crippen LogP contribution in [0.3, 0.4) is 0 Å². The summed E-state index contributed by atoms with van der Waals surface area (Å²) in [5, 5.41) is 8.96. The van der Waals surface area contributed by atoms with Gasteiger partial charge in [0.1, 0.15) is 0 Å². The summed E-state index contributed by atoms with van der Waals surface area (Å²) in [7, 11) is 1.59. The number of benzene rings is 1. The number of rotatable bonds is 6. The van der Waals surface area contributed by atoms with Crippen molar-refractivity contribution in [2.24, 2.45) is 0 Å². The Hall–Kier alpha value is -0.660. The van der Waals surface area contributed by atoms with Crippen LogP contribution in [-0.2, 0) is 4.74 Å². The van der Waals surface area contributed by atoms with Gasteiger partial charge in [-0.05, 0) is 34.7 Å². The van der Waals surface area contributed by atoms with Crippen molar-refractivity contribution >= 4 is 28.5 Å². The second kappa shape index (κ2) is 7.62. The summed E-state index contributed by atoms with van der Waals surface area (Å²) in [6.07, 6.45) is 0. The molecule has 0 atom stereocenters. The molecule has 1 N–H and O–H groups in total. The second-order valence-electron chi connectivity index (χ2n) is 3.49. The first-order valence-corrected chi connectivity index (χ1v) is 6.42. The number of aliphatic hydroxyl groups is 1. The Labute approximate surface area is 115 Å². The smallest absolute Gasteiger partial charge is 0.255 e. The molecular formula is C12H16INO3. The van der Waals surface area contributed by atoms with Gasteiger partial charge >= 0.3 is 0 Å². The molecule has 0 radical (unpaired) electrons. The van der Waals surface area contributed by atoms with Crippen LogP contribution in [0.25, 0.3) is 0 Å². The van der Waals surface area contributed by atoms with Crippen LogP contribution in [0.2, 0.25) is 0 Å². The Morgan fingerprint density at radius 1 is 1.41 bits per heavy atom. The number of methoxy groups -OCH3 is 1. The van der Waals surface area contributed by atoms with Crippen molar-refractivity contribution in [1.29, 1.82) is 0 Å².